The van der Waals surface area contributed by atoms with E-state index in [9.17, 15) is 4.79 Å². The quantitative estimate of drug-likeness (QED) is 0.853. The fourth-order valence-electron chi connectivity index (χ4n) is 3.45. The van der Waals surface area contributed by atoms with Crippen molar-refractivity contribution in [1.82, 2.24) is 9.80 Å². The van der Waals surface area contributed by atoms with Crippen LogP contribution in [0.2, 0.25) is 0 Å². The van der Waals surface area contributed by atoms with Crippen LogP contribution in [0.15, 0.2) is 10.5 Å². The van der Waals surface area contributed by atoms with Crippen molar-refractivity contribution in [3.63, 3.8) is 0 Å². The average molecular weight is 306 g/mol. The number of nitrogens with zero attached hydrogens (tertiary/aromatic N) is 2. The number of hydrogen-bond acceptors (Lipinski definition) is 4. The van der Waals surface area contributed by atoms with Crippen molar-refractivity contribution in [3.8, 4) is 0 Å². The van der Waals surface area contributed by atoms with Crippen molar-refractivity contribution < 1.29 is 13.9 Å². The molecule has 1 unspecified atom stereocenters. The van der Waals surface area contributed by atoms with Crippen molar-refractivity contribution in [2.75, 3.05) is 45.9 Å². The van der Waals surface area contributed by atoms with E-state index >= 15 is 0 Å². The Kier molecular flexibility index (Phi) is 4.84. The third-order valence-corrected chi connectivity index (χ3v) is 4.75. The Bertz CT molecular complexity index is 520. The zero-order chi connectivity index (χ0) is 15.5. The summed E-state index contributed by atoms with van der Waals surface area (Å²) in [5, 5.41) is 0. The zero-order valence-corrected chi connectivity index (χ0v) is 13.6. The molecule has 2 fully saturated rings. The molecule has 2 aliphatic heterocycles. The van der Waals surface area contributed by atoms with Crippen molar-refractivity contribution in [2.24, 2.45) is 5.92 Å². The van der Waals surface area contributed by atoms with Crippen LogP contribution < -0.4 is 0 Å². The lowest BCUT2D eigenvalue weighted by atomic mass is 10.1. The molecule has 22 heavy (non-hydrogen) atoms. The highest BCUT2D eigenvalue weighted by molar-refractivity contribution is 5.92. The number of morpholine rings is 1. The van der Waals surface area contributed by atoms with Crippen LogP contribution in [-0.2, 0) is 11.2 Å². The number of rotatable bonds is 4. The Balaban J connectivity index is 1.55. The average Bonchev–Trinajstić information content (AvgIpc) is 3.14. The molecule has 1 aromatic rings. The van der Waals surface area contributed by atoms with Crippen molar-refractivity contribution >= 4 is 5.91 Å². The van der Waals surface area contributed by atoms with Gasteiger partial charge in [-0.15, -0.1) is 0 Å². The predicted molar refractivity (Wildman–Crippen MR) is 84.1 cm³/mol. The van der Waals surface area contributed by atoms with E-state index in [1.165, 1.54) is 0 Å². The molecule has 0 saturated carbocycles. The SMILES string of the molecule is CCc1oc(C(=O)N2CCC(CN3CCOCC3)C2)cc1C. The predicted octanol–water partition coefficient (Wildman–Crippen LogP) is 1.94. The Labute approximate surface area is 132 Å². The summed E-state index contributed by atoms with van der Waals surface area (Å²) in [7, 11) is 0. The molecule has 2 aliphatic rings. The van der Waals surface area contributed by atoms with Gasteiger partial charge in [0.25, 0.3) is 5.91 Å². The molecular formula is C17H26N2O3. The monoisotopic (exact) mass is 306 g/mol. The van der Waals surface area contributed by atoms with Crippen LogP contribution in [0, 0.1) is 12.8 Å². The van der Waals surface area contributed by atoms with Gasteiger partial charge in [-0.2, -0.15) is 0 Å². The van der Waals surface area contributed by atoms with E-state index in [0.717, 1.165) is 70.1 Å². The lowest BCUT2D eigenvalue weighted by molar-refractivity contribution is 0.0310. The summed E-state index contributed by atoms with van der Waals surface area (Å²) in [5.74, 6) is 2.05. The molecule has 5 nitrogen and oxygen atoms in total. The topological polar surface area (TPSA) is 45.9 Å². The maximum Gasteiger partial charge on any atom is 0.289 e. The number of hydrogen-bond donors (Lipinski definition) is 0. The molecule has 2 saturated heterocycles. The molecule has 0 radical (unpaired) electrons. The van der Waals surface area contributed by atoms with Crippen molar-refractivity contribution in [1.29, 1.82) is 0 Å². The highest BCUT2D eigenvalue weighted by Crippen LogP contribution is 2.22. The summed E-state index contributed by atoms with van der Waals surface area (Å²) in [6, 6.07) is 1.89. The largest absolute Gasteiger partial charge is 0.456 e. The number of amides is 1. The van der Waals surface area contributed by atoms with E-state index in [2.05, 4.69) is 4.90 Å². The van der Waals surface area contributed by atoms with Crippen molar-refractivity contribution in [2.45, 2.75) is 26.7 Å². The standard InChI is InChI=1S/C17H26N2O3/c1-3-15-13(2)10-16(22-15)17(20)19-5-4-14(12-19)11-18-6-8-21-9-7-18/h10,14H,3-9,11-12H2,1-2H3. The lowest BCUT2D eigenvalue weighted by Crippen LogP contribution is -2.40. The van der Waals surface area contributed by atoms with Gasteiger partial charge >= 0.3 is 0 Å². The second kappa shape index (κ2) is 6.84. The number of carbonyl (C=O) groups is 1. The van der Waals surface area contributed by atoms with Crippen LogP contribution in [0.4, 0.5) is 0 Å². The van der Waals surface area contributed by atoms with Crippen molar-refractivity contribution in [3.05, 3.63) is 23.2 Å². The minimum Gasteiger partial charge on any atom is -0.456 e. The molecule has 122 valence electrons. The molecule has 0 aromatic carbocycles. The first-order valence-electron chi connectivity index (χ1n) is 8.36. The third-order valence-electron chi connectivity index (χ3n) is 4.75. The number of aryl methyl sites for hydroxylation is 2. The Hall–Kier alpha value is -1.33. The molecule has 0 aliphatic carbocycles. The summed E-state index contributed by atoms with van der Waals surface area (Å²) < 4.78 is 11.1. The van der Waals surface area contributed by atoms with E-state index in [1.807, 2.05) is 24.8 Å². The summed E-state index contributed by atoms with van der Waals surface area (Å²) in [5.41, 5.74) is 1.08. The van der Waals surface area contributed by atoms with Crippen LogP contribution in [-0.4, -0.2) is 61.6 Å². The van der Waals surface area contributed by atoms with Crippen LogP contribution in [0.3, 0.4) is 0 Å². The van der Waals surface area contributed by atoms with Gasteiger partial charge in [-0.3, -0.25) is 9.69 Å². The summed E-state index contributed by atoms with van der Waals surface area (Å²) in [4.78, 5) is 17.0. The maximum absolute atomic E-state index is 12.6. The first-order chi connectivity index (χ1) is 10.7. The Morgan fingerprint density at radius 3 is 2.77 bits per heavy atom. The van der Waals surface area contributed by atoms with Gasteiger partial charge in [-0.05, 0) is 30.9 Å². The third kappa shape index (κ3) is 3.36. The van der Waals surface area contributed by atoms with Crippen LogP contribution >= 0.6 is 0 Å². The minimum atomic E-state index is 0.0484. The minimum absolute atomic E-state index is 0.0484. The number of likely N-dealkylation sites (tertiary alicyclic amines) is 1. The fraction of sp³-hybridized carbons (Fsp3) is 0.706. The van der Waals surface area contributed by atoms with Gasteiger partial charge in [0.1, 0.15) is 5.76 Å². The second-order valence-corrected chi connectivity index (χ2v) is 6.39. The van der Waals surface area contributed by atoms with Gasteiger partial charge < -0.3 is 14.1 Å². The molecule has 5 heteroatoms. The maximum atomic E-state index is 12.6. The highest BCUT2D eigenvalue weighted by atomic mass is 16.5. The van der Waals surface area contributed by atoms with Gasteiger partial charge in [0.15, 0.2) is 5.76 Å². The van der Waals surface area contributed by atoms with Crippen LogP contribution in [0.1, 0.15) is 35.2 Å². The fourth-order valence-corrected chi connectivity index (χ4v) is 3.45. The normalized spacial score (nSPS) is 23.2. The molecule has 0 spiro atoms. The molecule has 1 aromatic heterocycles. The van der Waals surface area contributed by atoms with Gasteiger partial charge in [0.05, 0.1) is 13.2 Å². The number of carbonyl (C=O) groups excluding carboxylic acids is 1. The molecule has 1 atom stereocenters. The van der Waals surface area contributed by atoms with Gasteiger partial charge in [-0.1, -0.05) is 6.92 Å². The summed E-state index contributed by atoms with van der Waals surface area (Å²) >= 11 is 0. The first kappa shape index (κ1) is 15.6. The van der Waals surface area contributed by atoms with Gasteiger partial charge in [0.2, 0.25) is 0 Å². The number of ether oxygens (including phenoxy) is 1. The molecule has 1 amide bonds. The molecule has 0 bridgehead atoms. The van der Waals surface area contributed by atoms with Crippen LogP contribution in [0.25, 0.3) is 0 Å². The summed E-state index contributed by atoms with van der Waals surface area (Å²) in [6.07, 6.45) is 1.92. The second-order valence-electron chi connectivity index (χ2n) is 6.39. The van der Waals surface area contributed by atoms with Gasteiger partial charge in [0, 0.05) is 39.1 Å². The van der Waals surface area contributed by atoms with Crippen LogP contribution in [0.5, 0.6) is 0 Å². The number of furan rings is 1. The molecule has 3 rings (SSSR count). The van der Waals surface area contributed by atoms with E-state index in [4.69, 9.17) is 9.15 Å². The smallest absolute Gasteiger partial charge is 0.289 e. The van der Waals surface area contributed by atoms with E-state index in [1.54, 1.807) is 0 Å². The molecular weight excluding hydrogens is 280 g/mol. The van der Waals surface area contributed by atoms with E-state index in [-0.39, 0.29) is 5.91 Å². The van der Waals surface area contributed by atoms with Gasteiger partial charge in [-0.25, -0.2) is 0 Å². The summed E-state index contributed by atoms with van der Waals surface area (Å²) in [6.45, 7) is 10.5. The first-order valence-corrected chi connectivity index (χ1v) is 8.36. The van der Waals surface area contributed by atoms with E-state index < -0.39 is 0 Å². The highest BCUT2D eigenvalue weighted by Gasteiger charge is 2.30. The Morgan fingerprint density at radius 1 is 1.32 bits per heavy atom. The van der Waals surface area contributed by atoms with E-state index in [0.29, 0.717) is 11.7 Å². The molecule has 3 heterocycles. The zero-order valence-electron chi connectivity index (χ0n) is 13.6. The lowest BCUT2D eigenvalue weighted by Gasteiger charge is -2.28. The Morgan fingerprint density at radius 2 is 2.09 bits per heavy atom. The molecule has 0 N–H and O–H groups in total.